The number of nitrogens with zero attached hydrogens (tertiary/aromatic N) is 5. The summed E-state index contributed by atoms with van der Waals surface area (Å²) in [6.07, 6.45) is 4.89. The molecular formula is C26H33N7O. The Balaban J connectivity index is 1.60. The third-order valence-corrected chi connectivity index (χ3v) is 5.93. The fourth-order valence-electron chi connectivity index (χ4n) is 4.16. The van der Waals surface area contributed by atoms with E-state index in [9.17, 15) is 0 Å². The Hall–Kier alpha value is -3.78. The average molecular weight is 460 g/mol. The minimum absolute atomic E-state index is 0.482. The lowest BCUT2D eigenvalue weighted by atomic mass is 10.1. The van der Waals surface area contributed by atoms with E-state index in [4.69, 9.17) is 15.5 Å². The van der Waals surface area contributed by atoms with Gasteiger partial charge < -0.3 is 30.2 Å². The summed E-state index contributed by atoms with van der Waals surface area (Å²) in [5.41, 5.74) is 11.8. The summed E-state index contributed by atoms with van der Waals surface area (Å²) in [5.74, 6) is 1.16. The van der Waals surface area contributed by atoms with Gasteiger partial charge in [-0.25, -0.2) is 9.97 Å². The van der Waals surface area contributed by atoms with Crippen molar-refractivity contribution in [2.45, 2.75) is 6.42 Å². The Morgan fingerprint density at radius 3 is 2.65 bits per heavy atom. The highest BCUT2D eigenvalue weighted by molar-refractivity contribution is 5.95. The van der Waals surface area contributed by atoms with Crippen LogP contribution in [0, 0.1) is 0 Å². The van der Waals surface area contributed by atoms with Gasteiger partial charge in [-0.15, -0.1) is 0 Å². The van der Waals surface area contributed by atoms with Crippen LogP contribution >= 0.6 is 0 Å². The van der Waals surface area contributed by atoms with Gasteiger partial charge in [-0.1, -0.05) is 18.2 Å². The van der Waals surface area contributed by atoms with Crippen LogP contribution in [0.15, 0.2) is 54.9 Å². The van der Waals surface area contributed by atoms with E-state index in [1.54, 1.807) is 13.3 Å². The second kappa shape index (κ2) is 10.0. The number of aromatic nitrogens is 3. The lowest BCUT2D eigenvalue weighted by Gasteiger charge is -2.24. The van der Waals surface area contributed by atoms with E-state index in [1.807, 2.05) is 44.4 Å². The number of fused-ring (bicyclic) bond motifs is 1. The number of nitrogen functional groups attached to an aromatic ring is 1. The van der Waals surface area contributed by atoms with Crippen molar-refractivity contribution in [3.8, 4) is 17.0 Å². The molecule has 2 heterocycles. The number of methoxy groups -OCH3 is 1. The molecule has 0 amide bonds. The minimum atomic E-state index is 0.482. The highest BCUT2D eigenvalue weighted by atomic mass is 16.5. The van der Waals surface area contributed by atoms with Crippen molar-refractivity contribution in [2.75, 3.05) is 57.3 Å². The van der Waals surface area contributed by atoms with Crippen molar-refractivity contribution < 1.29 is 4.74 Å². The van der Waals surface area contributed by atoms with Crippen LogP contribution in [0.4, 0.5) is 23.0 Å². The molecule has 34 heavy (non-hydrogen) atoms. The van der Waals surface area contributed by atoms with Gasteiger partial charge >= 0.3 is 0 Å². The van der Waals surface area contributed by atoms with Crippen molar-refractivity contribution in [1.82, 2.24) is 19.4 Å². The van der Waals surface area contributed by atoms with Gasteiger partial charge in [0.05, 0.1) is 29.9 Å². The van der Waals surface area contributed by atoms with Crippen molar-refractivity contribution in [3.63, 3.8) is 0 Å². The lowest BCUT2D eigenvalue weighted by molar-refractivity contribution is 0.401. The fraction of sp³-hybridized carbons (Fsp3) is 0.308. The molecule has 178 valence electrons. The molecule has 0 unspecified atom stereocenters. The Bertz CT molecular complexity index is 1280. The standard InChI is InChI=1S/C26H33N7O/c1-31(2)13-8-14-32(3)24-16-25(34-5)22(15-20(24)27)30-26-28-12-11-21(29-26)19-17-33(4)23-10-7-6-9-18(19)23/h6-7,9-12,15-17H,8,13-14,27H2,1-5H3,(H,28,29,30). The Kier molecular flexibility index (Phi) is 6.88. The van der Waals surface area contributed by atoms with Crippen LogP contribution in [0.1, 0.15) is 6.42 Å². The molecule has 0 atom stereocenters. The number of anilines is 4. The number of rotatable bonds is 9. The molecule has 0 aliphatic rings. The summed E-state index contributed by atoms with van der Waals surface area (Å²) in [6, 6.07) is 14.1. The van der Waals surface area contributed by atoms with Crippen molar-refractivity contribution >= 4 is 33.9 Å². The third-order valence-electron chi connectivity index (χ3n) is 5.93. The second-order valence-electron chi connectivity index (χ2n) is 8.75. The number of nitrogens with two attached hydrogens (primary N) is 1. The maximum absolute atomic E-state index is 6.43. The largest absolute Gasteiger partial charge is 0.494 e. The third kappa shape index (κ3) is 4.92. The number of ether oxygens (including phenoxy) is 1. The predicted molar refractivity (Wildman–Crippen MR) is 141 cm³/mol. The zero-order valence-electron chi connectivity index (χ0n) is 20.5. The van der Waals surface area contributed by atoms with E-state index in [1.165, 1.54) is 0 Å². The van der Waals surface area contributed by atoms with E-state index in [2.05, 4.69) is 57.1 Å². The highest BCUT2D eigenvalue weighted by Gasteiger charge is 2.15. The summed E-state index contributed by atoms with van der Waals surface area (Å²) in [6.45, 7) is 1.92. The Morgan fingerprint density at radius 2 is 1.88 bits per heavy atom. The molecule has 0 spiro atoms. The first-order valence-corrected chi connectivity index (χ1v) is 11.3. The molecule has 8 nitrogen and oxygen atoms in total. The van der Waals surface area contributed by atoms with Gasteiger partial charge in [0.2, 0.25) is 5.95 Å². The van der Waals surface area contributed by atoms with Crippen LogP contribution < -0.4 is 20.7 Å². The van der Waals surface area contributed by atoms with Crippen LogP contribution in [0.25, 0.3) is 22.2 Å². The van der Waals surface area contributed by atoms with Crippen LogP contribution in [0.5, 0.6) is 5.75 Å². The van der Waals surface area contributed by atoms with Crippen LogP contribution in [-0.2, 0) is 7.05 Å². The van der Waals surface area contributed by atoms with E-state index in [0.717, 1.165) is 53.0 Å². The molecule has 2 aromatic carbocycles. The summed E-state index contributed by atoms with van der Waals surface area (Å²) >= 11 is 0. The molecule has 0 aliphatic heterocycles. The van der Waals surface area contributed by atoms with E-state index < -0.39 is 0 Å². The summed E-state index contributed by atoms with van der Waals surface area (Å²) in [7, 11) is 9.90. The minimum Gasteiger partial charge on any atom is -0.494 e. The Morgan fingerprint density at radius 1 is 1.09 bits per heavy atom. The molecular weight excluding hydrogens is 426 g/mol. The molecule has 0 aliphatic carbocycles. The maximum Gasteiger partial charge on any atom is 0.227 e. The molecule has 3 N–H and O–H groups in total. The van der Waals surface area contributed by atoms with Crippen molar-refractivity contribution in [1.29, 1.82) is 0 Å². The normalized spacial score (nSPS) is 11.2. The van der Waals surface area contributed by atoms with Gasteiger partial charge in [0.25, 0.3) is 0 Å². The number of benzene rings is 2. The van der Waals surface area contributed by atoms with E-state index in [0.29, 0.717) is 17.4 Å². The molecule has 0 saturated heterocycles. The van der Waals surface area contributed by atoms with E-state index in [-0.39, 0.29) is 0 Å². The van der Waals surface area contributed by atoms with Crippen LogP contribution in [0.2, 0.25) is 0 Å². The Labute approximate surface area is 201 Å². The van der Waals surface area contributed by atoms with Crippen LogP contribution in [0.3, 0.4) is 0 Å². The number of hydrogen-bond donors (Lipinski definition) is 2. The highest BCUT2D eigenvalue weighted by Crippen LogP contribution is 2.36. The summed E-state index contributed by atoms with van der Waals surface area (Å²) in [4.78, 5) is 13.5. The molecule has 4 aromatic rings. The molecule has 0 radical (unpaired) electrons. The summed E-state index contributed by atoms with van der Waals surface area (Å²) < 4.78 is 7.78. The van der Waals surface area contributed by atoms with Crippen molar-refractivity contribution in [2.24, 2.45) is 7.05 Å². The van der Waals surface area contributed by atoms with Gasteiger partial charge in [0.1, 0.15) is 5.75 Å². The first-order chi connectivity index (χ1) is 16.4. The molecule has 2 aromatic heterocycles. The molecule has 4 rings (SSSR count). The molecule has 8 heteroatoms. The molecule has 0 saturated carbocycles. The first-order valence-electron chi connectivity index (χ1n) is 11.3. The van der Waals surface area contributed by atoms with Gasteiger partial charge in [0.15, 0.2) is 0 Å². The van der Waals surface area contributed by atoms with E-state index >= 15 is 0 Å². The lowest BCUT2D eigenvalue weighted by Crippen LogP contribution is -2.24. The number of para-hydroxylation sites is 1. The van der Waals surface area contributed by atoms with Gasteiger partial charge in [-0.05, 0) is 45.3 Å². The second-order valence-corrected chi connectivity index (χ2v) is 8.75. The molecule has 0 bridgehead atoms. The maximum atomic E-state index is 6.43. The monoisotopic (exact) mass is 459 g/mol. The van der Waals surface area contributed by atoms with Gasteiger partial charge in [0, 0.05) is 55.6 Å². The van der Waals surface area contributed by atoms with Gasteiger partial charge in [-0.2, -0.15) is 0 Å². The zero-order chi connectivity index (χ0) is 24.2. The summed E-state index contributed by atoms with van der Waals surface area (Å²) in [5, 5.41) is 4.45. The first kappa shape index (κ1) is 23.4. The smallest absolute Gasteiger partial charge is 0.227 e. The average Bonchev–Trinajstić information content (AvgIpc) is 3.16. The number of nitrogens with one attached hydrogen (secondary N) is 1. The van der Waals surface area contributed by atoms with Crippen molar-refractivity contribution in [3.05, 3.63) is 54.9 Å². The molecule has 0 fully saturated rings. The van der Waals surface area contributed by atoms with Crippen LogP contribution in [-0.4, -0.2) is 60.8 Å². The zero-order valence-corrected chi connectivity index (χ0v) is 20.5. The SMILES string of the molecule is COc1cc(N(C)CCCN(C)C)c(N)cc1Nc1nccc(-c2cn(C)c3ccccc23)n1. The van der Waals surface area contributed by atoms with Gasteiger partial charge in [-0.3, -0.25) is 0 Å². The number of aryl methyl sites for hydroxylation is 1. The number of hydrogen-bond acceptors (Lipinski definition) is 7. The predicted octanol–water partition coefficient (Wildman–Crippen LogP) is 4.36. The quantitative estimate of drug-likeness (QED) is 0.360. The topological polar surface area (TPSA) is 84.5 Å². The fourth-order valence-corrected chi connectivity index (χ4v) is 4.16.